The average Bonchev–Trinajstić information content (AvgIpc) is 2.71. The quantitative estimate of drug-likeness (QED) is 0.145. The summed E-state index contributed by atoms with van der Waals surface area (Å²) >= 11 is 12.4. The molecule has 0 aliphatic rings. The summed E-state index contributed by atoms with van der Waals surface area (Å²) in [5, 5.41) is 4.74. The Kier molecular flexibility index (Phi) is 14.3. The Hall–Kier alpha value is -0.266. The Labute approximate surface area is 209 Å². The number of nitrogens with zero attached hydrogens (tertiary/aromatic N) is 1. The van der Waals surface area contributed by atoms with Crippen LogP contribution in [0.3, 0.4) is 0 Å². The normalized spacial score (nSPS) is 10.4. The fraction of sp³-hybridized carbons (Fsp3) is 0.211. The van der Waals surface area contributed by atoms with Crippen molar-refractivity contribution in [3.63, 3.8) is 0 Å². The van der Waals surface area contributed by atoms with E-state index in [0.29, 0.717) is 20.2 Å². The van der Waals surface area contributed by atoms with Gasteiger partial charge in [-0.3, -0.25) is 4.79 Å². The molecule has 10 heteroatoms. The third kappa shape index (κ3) is 10.1. The zero-order chi connectivity index (χ0) is 21.6. The molecule has 0 unspecified atom stereocenters. The molecule has 0 aliphatic carbocycles. The molecule has 0 bridgehead atoms. The summed E-state index contributed by atoms with van der Waals surface area (Å²) in [4.78, 5) is 23.2. The number of thioether (sulfide) groups is 1. The Morgan fingerprint density at radius 2 is 1.62 bits per heavy atom. The van der Waals surface area contributed by atoms with Gasteiger partial charge in [0.05, 0.1) is 12.3 Å². The predicted molar refractivity (Wildman–Crippen MR) is 134 cm³/mol. The predicted octanol–water partition coefficient (Wildman–Crippen LogP) is 5.40. The third-order valence-electron chi connectivity index (χ3n) is 3.39. The molecule has 155 valence electrons. The first-order valence-corrected chi connectivity index (χ1v) is 19.1. The number of nitrogens with one attached hydrogen (secondary N) is 1. The fourth-order valence-electron chi connectivity index (χ4n) is 2.18. The number of hydrogen-bond acceptors (Lipinski definition) is 5. The van der Waals surface area contributed by atoms with E-state index in [-0.39, 0.29) is 6.61 Å². The van der Waals surface area contributed by atoms with E-state index in [1.807, 2.05) is 30.5 Å². The summed E-state index contributed by atoms with van der Waals surface area (Å²) in [6.07, 6.45) is 2.04. The average molecular weight is 696 g/mol. The summed E-state index contributed by atoms with van der Waals surface area (Å²) in [6, 6.07) is 14.9. The standard InChI is InChI=1S/C19H19ClN2O3S.2HI.V/c1-3-25-19(24)18(23)22-21-17(15-8-10-16(20)11-9-15)14-6-4-13(5-7-14)12-26-2;;;/h4-11H,3,12H2,1-2H3,(H,22,23);2*1H;/q;;;+2/p-2/b21-17+;;;. The fourth-order valence-corrected chi connectivity index (χ4v) is 2.83. The van der Waals surface area contributed by atoms with E-state index in [0.717, 1.165) is 16.9 Å². The molecule has 5 nitrogen and oxygen atoms in total. The van der Waals surface area contributed by atoms with Crippen molar-refractivity contribution in [2.24, 2.45) is 5.10 Å². The molecule has 0 atom stereocenters. The number of hydrogen-bond donors (Lipinski definition) is 1. The molecule has 2 aromatic rings. The molecule has 1 amide bonds. The van der Waals surface area contributed by atoms with Crippen LogP contribution in [0.5, 0.6) is 0 Å². The van der Waals surface area contributed by atoms with Gasteiger partial charge in [0.2, 0.25) is 0 Å². The first-order valence-electron chi connectivity index (χ1n) is 8.28. The van der Waals surface area contributed by atoms with Crippen molar-refractivity contribution in [2.45, 2.75) is 12.7 Å². The van der Waals surface area contributed by atoms with Gasteiger partial charge >= 0.3 is 61.3 Å². The van der Waals surface area contributed by atoms with Crippen LogP contribution >= 0.6 is 63.3 Å². The van der Waals surface area contributed by atoms with Crippen LogP contribution in [0.4, 0.5) is 0 Å². The molecule has 0 heterocycles. The molecular weight excluding hydrogens is 676 g/mol. The molecule has 29 heavy (non-hydrogen) atoms. The van der Waals surface area contributed by atoms with Gasteiger partial charge in [0.15, 0.2) is 0 Å². The van der Waals surface area contributed by atoms with Crippen LogP contribution in [0, 0.1) is 0 Å². The van der Waals surface area contributed by atoms with Crippen LogP contribution < -0.4 is 5.43 Å². The van der Waals surface area contributed by atoms with Gasteiger partial charge in [0.25, 0.3) is 0 Å². The van der Waals surface area contributed by atoms with Crippen molar-refractivity contribution in [2.75, 3.05) is 12.9 Å². The van der Waals surface area contributed by atoms with E-state index in [1.165, 1.54) is 5.56 Å². The molecule has 0 aromatic heterocycles. The van der Waals surface area contributed by atoms with Gasteiger partial charge in [-0.1, -0.05) is 48.0 Å². The molecule has 0 radical (unpaired) electrons. The monoisotopic (exact) mass is 695 g/mol. The molecule has 0 saturated heterocycles. The number of hydrazone groups is 1. The third-order valence-corrected chi connectivity index (χ3v) is 4.26. The van der Waals surface area contributed by atoms with E-state index >= 15 is 0 Å². The van der Waals surface area contributed by atoms with Gasteiger partial charge in [-0.25, -0.2) is 10.2 Å². The van der Waals surface area contributed by atoms with Gasteiger partial charge in [-0.15, -0.1) is 0 Å². The van der Waals surface area contributed by atoms with Gasteiger partial charge < -0.3 is 4.74 Å². The number of halogens is 3. The zero-order valence-corrected chi connectivity index (χ0v) is 23.0. The topological polar surface area (TPSA) is 67.8 Å². The number of carbonyl (C=O) groups is 2. The van der Waals surface area contributed by atoms with E-state index in [1.54, 1.807) is 43.0 Å². The summed E-state index contributed by atoms with van der Waals surface area (Å²) < 4.78 is 4.67. The Balaban J connectivity index is 0.00000132. The number of amides is 1. The first kappa shape index (κ1) is 26.8. The zero-order valence-electron chi connectivity index (χ0n) is 15.7. The van der Waals surface area contributed by atoms with E-state index < -0.39 is 11.9 Å². The summed E-state index contributed by atoms with van der Waals surface area (Å²) in [5.41, 5.74) is 5.53. The van der Waals surface area contributed by atoms with Crippen LogP contribution in [-0.4, -0.2) is 30.5 Å². The van der Waals surface area contributed by atoms with Crippen LogP contribution in [-0.2, 0) is 29.5 Å². The maximum atomic E-state index is 11.8. The maximum absolute atomic E-state index is 11.8. The second kappa shape index (κ2) is 15.5. The van der Waals surface area contributed by atoms with Crippen molar-refractivity contribution in [1.29, 1.82) is 0 Å². The summed E-state index contributed by atoms with van der Waals surface area (Å²) in [5.74, 6) is -0.979. The van der Waals surface area contributed by atoms with E-state index in [9.17, 15) is 9.59 Å². The first-order chi connectivity index (χ1) is 14.0. The second-order valence-electron chi connectivity index (χ2n) is 5.32. The van der Waals surface area contributed by atoms with Gasteiger partial charge in [-0.2, -0.15) is 16.9 Å². The minimum absolute atomic E-state index is 0.122. The van der Waals surface area contributed by atoms with Gasteiger partial charge in [0, 0.05) is 21.9 Å². The van der Waals surface area contributed by atoms with Crippen molar-refractivity contribution in [1.82, 2.24) is 5.43 Å². The SMILES string of the molecule is CCOC(=O)C(=O)N/N=C(/c1ccc(Cl)cc1)c1ccc(CSC)cc1.[I][V][I]. The Bertz CT molecular complexity index is 821. The molecule has 0 fully saturated rings. The number of carbonyl (C=O) groups excluding carboxylic acids is 2. The van der Waals surface area contributed by atoms with Crippen LogP contribution in [0.2, 0.25) is 5.02 Å². The van der Waals surface area contributed by atoms with E-state index in [4.69, 9.17) is 11.6 Å². The molecule has 1 N–H and O–H groups in total. The molecular formula is C19H19ClI2N2O3SV. The molecule has 2 rings (SSSR count). The van der Waals surface area contributed by atoms with Gasteiger partial charge in [-0.05, 0) is 30.9 Å². The number of esters is 1. The summed E-state index contributed by atoms with van der Waals surface area (Å²) in [7, 11) is 0.628. The van der Waals surface area contributed by atoms with Crippen LogP contribution in [0.15, 0.2) is 53.6 Å². The van der Waals surface area contributed by atoms with Crippen molar-refractivity contribution in [3.8, 4) is 0 Å². The number of benzene rings is 2. The number of ether oxygens (including phenoxy) is 1. The van der Waals surface area contributed by atoms with Crippen LogP contribution in [0.25, 0.3) is 0 Å². The van der Waals surface area contributed by atoms with Crippen molar-refractivity contribution in [3.05, 3.63) is 70.2 Å². The molecule has 0 saturated carbocycles. The second-order valence-corrected chi connectivity index (χ2v) is 18.4. The molecule has 0 spiro atoms. The molecule has 0 aliphatic heterocycles. The van der Waals surface area contributed by atoms with Crippen LogP contribution in [0.1, 0.15) is 23.6 Å². The Morgan fingerprint density at radius 3 is 2.10 bits per heavy atom. The number of rotatable bonds is 6. The minimum atomic E-state index is -0.970. The van der Waals surface area contributed by atoms with Gasteiger partial charge in [0.1, 0.15) is 0 Å². The molecule has 2 aromatic carbocycles. The van der Waals surface area contributed by atoms with Crippen molar-refractivity contribution < 1.29 is 23.8 Å². The summed E-state index contributed by atoms with van der Waals surface area (Å²) in [6.45, 7) is 1.75. The van der Waals surface area contributed by atoms with Crippen molar-refractivity contribution >= 4 is 80.9 Å². The van der Waals surface area contributed by atoms with E-state index in [2.05, 4.69) is 55.2 Å². The Morgan fingerprint density at radius 1 is 1.10 bits per heavy atom.